The molecule has 3 nitrogen and oxygen atoms in total. The molecule has 0 aliphatic rings. The molecule has 0 aliphatic carbocycles. The Hall–Kier alpha value is -1.82. The summed E-state index contributed by atoms with van der Waals surface area (Å²) >= 11 is 0. The SMILES string of the molecule is CCCc1nc2cc(CC#N)ccc2n1C. The van der Waals surface area contributed by atoms with E-state index in [-0.39, 0.29) is 0 Å². The Kier molecular flexibility index (Phi) is 2.91. The number of aryl methyl sites for hydroxylation is 2. The van der Waals surface area contributed by atoms with Gasteiger partial charge in [-0.15, -0.1) is 0 Å². The topological polar surface area (TPSA) is 41.6 Å². The Morgan fingerprint density at radius 1 is 1.44 bits per heavy atom. The number of hydrogen-bond donors (Lipinski definition) is 0. The van der Waals surface area contributed by atoms with Gasteiger partial charge in [0.2, 0.25) is 0 Å². The van der Waals surface area contributed by atoms with Crippen LogP contribution in [0.2, 0.25) is 0 Å². The van der Waals surface area contributed by atoms with Crippen molar-refractivity contribution in [2.75, 3.05) is 0 Å². The van der Waals surface area contributed by atoms with Crippen LogP contribution in [-0.4, -0.2) is 9.55 Å². The molecule has 0 amide bonds. The van der Waals surface area contributed by atoms with Gasteiger partial charge in [-0.2, -0.15) is 5.26 Å². The number of nitriles is 1. The Morgan fingerprint density at radius 3 is 2.94 bits per heavy atom. The van der Waals surface area contributed by atoms with Gasteiger partial charge < -0.3 is 4.57 Å². The van der Waals surface area contributed by atoms with E-state index in [2.05, 4.69) is 22.5 Å². The molecule has 82 valence electrons. The fourth-order valence-corrected chi connectivity index (χ4v) is 1.94. The molecule has 3 heteroatoms. The summed E-state index contributed by atoms with van der Waals surface area (Å²) in [6, 6.07) is 8.23. The van der Waals surface area contributed by atoms with E-state index in [9.17, 15) is 0 Å². The molecule has 0 bridgehead atoms. The lowest BCUT2D eigenvalue weighted by atomic mass is 10.1. The minimum Gasteiger partial charge on any atom is -0.331 e. The highest BCUT2D eigenvalue weighted by Gasteiger charge is 2.07. The van der Waals surface area contributed by atoms with Gasteiger partial charge in [0, 0.05) is 13.5 Å². The van der Waals surface area contributed by atoms with Crippen LogP contribution >= 0.6 is 0 Å². The standard InChI is InChI=1S/C13H15N3/c1-3-4-13-15-11-9-10(7-8-14)5-6-12(11)16(13)2/h5-6,9H,3-4,7H2,1-2H3. The zero-order valence-corrected chi connectivity index (χ0v) is 9.70. The van der Waals surface area contributed by atoms with Gasteiger partial charge in [-0.1, -0.05) is 13.0 Å². The molecular formula is C13H15N3. The van der Waals surface area contributed by atoms with Crippen molar-refractivity contribution in [2.45, 2.75) is 26.2 Å². The summed E-state index contributed by atoms with van der Waals surface area (Å²) in [5.41, 5.74) is 3.18. The van der Waals surface area contributed by atoms with Crippen LogP contribution in [0.15, 0.2) is 18.2 Å². The Balaban J connectivity index is 2.50. The van der Waals surface area contributed by atoms with Crippen molar-refractivity contribution < 1.29 is 0 Å². The molecule has 0 N–H and O–H groups in total. The predicted octanol–water partition coefficient (Wildman–Crippen LogP) is 2.59. The van der Waals surface area contributed by atoms with E-state index >= 15 is 0 Å². The van der Waals surface area contributed by atoms with Crippen molar-refractivity contribution in [3.63, 3.8) is 0 Å². The van der Waals surface area contributed by atoms with Crippen LogP contribution in [0.5, 0.6) is 0 Å². The van der Waals surface area contributed by atoms with Gasteiger partial charge in [0.1, 0.15) is 5.82 Å². The third kappa shape index (κ3) is 1.79. The van der Waals surface area contributed by atoms with Gasteiger partial charge in [-0.3, -0.25) is 0 Å². The third-order valence-electron chi connectivity index (χ3n) is 2.79. The fourth-order valence-electron chi connectivity index (χ4n) is 1.94. The molecule has 0 spiro atoms. The van der Waals surface area contributed by atoms with Crippen molar-refractivity contribution in [3.8, 4) is 6.07 Å². The van der Waals surface area contributed by atoms with Crippen LogP contribution in [0.1, 0.15) is 24.7 Å². The average molecular weight is 213 g/mol. The molecule has 0 aliphatic heterocycles. The number of benzene rings is 1. The highest BCUT2D eigenvalue weighted by Crippen LogP contribution is 2.17. The second kappa shape index (κ2) is 4.36. The minimum atomic E-state index is 0.454. The van der Waals surface area contributed by atoms with Crippen LogP contribution in [0.4, 0.5) is 0 Å². The fraction of sp³-hybridized carbons (Fsp3) is 0.385. The molecule has 2 aromatic rings. The van der Waals surface area contributed by atoms with Crippen molar-refractivity contribution in [3.05, 3.63) is 29.6 Å². The highest BCUT2D eigenvalue weighted by molar-refractivity contribution is 5.76. The van der Waals surface area contributed by atoms with E-state index in [0.717, 1.165) is 35.3 Å². The zero-order chi connectivity index (χ0) is 11.5. The number of imidazole rings is 1. The molecule has 1 heterocycles. The maximum Gasteiger partial charge on any atom is 0.109 e. The summed E-state index contributed by atoms with van der Waals surface area (Å²) < 4.78 is 2.13. The summed E-state index contributed by atoms with van der Waals surface area (Å²) in [5.74, 6) is 1.12. The monoisotopic (exact) mass is 213 g/mol. The van der Waals surface area contributed by atoms with Crippen LogP contribution in [0.25, 0.3) is 11.0 Å². The van der Waals surface area contributed by atoms with E-state index in [0.29, 0.717) is 6.42 Å². The normalized spacial score (nSPS) is 10.6. The Labute approximate surface area is 95.3 Å². The number of aromatic nitrogens is 2. The van der Waals surface area contributed by atoms with E-state index in [1.165, 1.54) is 0 Å². The van der Waals surface area contributed by atoms with Crippen LogP contribution in [0.3, 0.4) is 0 Å². The van der Waals surface area contributed by atoms with Gasteiger partial charge >= 0.3 is 0 Å². The molecule has 1 aromatic heterocycles. The molecular weight excluding hydrogens is 198 g/mol. The van der Waals surface area contributed by atoms with Crippen LogP contribution < -0.4 is 0 Å². The summed E-state index contributed by atoms with van der Waals surface area (Å²) in [6.45, 7) is 2.15. The largest absolute Gasteiger partial charge is 0.331 e. The average Bonchev–Trinajstić information content (AvgIpc) is 2.57. The number of fused-ring (bicyclic) bond motifs is 1. The van der Waals surface area contributed by atoms with Gasteiger partial charge in [-0.05, 0) is 24.1 Å². The number of rotatable bonds is 3. The van der Waals surface area contributed by atoms with Gasteiger partial charge in [0.05, 0.1) is 23.5 Å². The molecule has 0 unspecified atom stereocenters. The predicted molar refractivity (Wildman–Crippen MR) is 64.0 cm³/mol. The first-order valence-corrected chi connectivity index (χ1v) is 5.57. The Bertz CT molecular complexity index is 546. The highest BCUT2D eigenvalue weighted by atomic mass is 15.1. The zero-order valence-electron chi connectivity index (χ0n) is 9.70. The van der Waals surface area contributed by atoms with Crippen molar-refractivity contribution >= 4 is 11.0 Å². The maximum atomic E-state index is 8.66. The van der Waals surface area contributed by atoms with Crippen LogP contribution in [-0.2, 0) is 19.9 Å². The van der Waals surface area contributed by atoms with Gasteiger partial charge in [0.25, 0.3) is 0 Å². The molecule has 1 aromatic carbocycles. The number of hydrogen-bond acceptors (Lipinski definition) is 2. The van der Waals surface area contributed by atoms with E-state index in [4.69, 9.17) is 5.26 Å². The van der Waals surface area contributed by atoms with E-state index < -0.39 is 0 Å². The molecule has 0 radical (unpaired) electrons. The first-order valence-electron chi connectivity index (χ1n) is 5.57. The van der Waals surface area contributed by atoms with Crippen LogP contribution in [0, 0.1) is 11.3 Å². The van der Waals surface area contributed by atoms with Crippen molar-refractivity contribution in [1.82, 2.24) is 9.55 Å². The summed E-state index contributed by atoms with van der Waals surface area (Å²) in [4.78, 5) is 4.60. The lowest BCUT2D eigenvalue weighted by molar-refractivity contribution is 0.773. The first kappa shape index (κ1) is 10.7. The lowest BCUT2D eigenvalue weighted by Gasteiger charge is -1.99. The molecule has 0 fully saturated rings. The molecule has 16 heavy (non-hydrogen) atoms. The minimum absolute atomic E-state index is 0.454. The Morgan fingerprint density at radius 2 is 2.25 bits per heavy atom. The van der Waals surface area contributed by atoms with E-state index in [1.54, 1.807) is 0 Å². The number of nitrogens with zero attached hydrogens (tertiary/aromatic N) is 3. The summed E-state index contributed by atoms with van der Waals surface area (Å²) in [5, 5.41) is 8.66. The summed E-state index contributed by atoms with van der Waals surface area (Å²) in [7, 11) is 2.05. The second-order valence-corrected chi connectivity index (χ2v) is 4.00. The molecule has 0 atom stereocenters. The smallest absolute Gasteiger partial charge is 0.109 e. The van der Waals surface area contributed by atoms with Crippen molar-refractivity contribution in [1.29, 1.82) is 5.26 Å². The van der Waals surface area contributed by atoms with Crippen molar-refractivity contribution in [2.24, 2.45) is 7.05 Å². The van der Waals surface area contributed by atoms with Gasteiger partial charge in [-0.25, -0.2) is 4.98 Å². The van der Waals surface area contributed by atoms with E-state index in [1.807, 2.05) is 25.2 Å². The quantitative estimate of drug-likeness (QED) is 0.786. The van der Waals surface area contributed by atoms with Gasteiger partial charge in [0.15, 0.2) is 0 Å². The summed E-state index contributed by atoms with van der Waals surface area (Å²) in [6.07, 6.45) is 2.55. The second-order valence-electron chi connectivity index (χ2n) is 4.00. The molecule has 0 saturated heterocycles. The first-order chi connectivity index (χ1) is 7.76. The molecule has 2 rings (SSSR count). The third-order valence-corrected chi connectivity index (χ3v) is 2.79. The molecule has 0 saturated carbocycles. The maximum absolute atomic E-state index is 8.66. The lowest BCUT2D eigenvalue weighted by Crippen LogP contribution is -1.96.